The molecule has 0 radical (unpaired) electrons. The Labute approximate surface area is 259 Å². The first-order valence-electron chi connectivity index (χ1n) is 17.2. The maximum absolute atomic E-state index is 13.3. The highest BCUT2D eigenvalue weighted by atomic mass is 16.5. The van der Waals surface area contributed by atoms with Gasteiger partial charge in [0.2, 0.25) is 0 Å². The van der Waals surface area contributed by atoms with Crippen LogP contribution in [0.2, 0.25) is 0 Å². The van der Waals surface area contributed by atoms with Gasteiger partial charge in [0.25, 0.3) is 0 Å². The van der Waals surface area contributed by atoms with Crippen molar-refractivity contribution in [2.75, 3.05) is 20.6 Å². The van der Waals surface area contributed by atoms with Gasteiger partial charge < -0.3 is 24.7 Å². The van der Waals surface area contributed by atoms with Crippen LogP contribution in [-0.4, -0.2) is 71.1 Å². The molecule has 7 rings (SSSR count). The van der Waals surface area contributed by atoms with Crippen LogP contribution in [0.15, 0.2) is 30.3 Å². The number of ether oxygens (including phenoxy) is 1. The van der Waals surface area contributed by atoms with E-state index in [1.54, 1.807) is 4.90 Å². The summed E-state index contributed by atoms with van der Waals surface area (Å²) in [6, 6.07) is 10.2. The summed E-state index contributed by atoms with van der Waals surface area (Å²) in [6.07, 6.45) is 8.05. The number of nitrogens with zero attached hydrogens (tertiary/aromatic N) is 2. The second-order valence-electron chi connectivity index (χ2n) is 17.2. The Morgan fingerprint density at radius 3 is 2.33 bits per heavy atom. The van der Waals surface area contributed by atoms with E-state index in [0.717, 1.165) is 37.7 Å². The third-order valence-corrected chi connectivity index (χ3v) is 15.1. The highest BCUT2D eigenvalue weighted by Gasteiger charge is 2.84. The molecule has 6 aliphatic rings. The molecule has 1 aromatic carbocycles. The van der Waals surface area contributed by atoms with Gasteiger partial charge in [-0.3, -0.25) is 0 Å². The van der Waals surface area contributed by atoms with Gasteiger partial charge in [0, 0.05) is 32.6 Å². The molecule has 5 saturated carbocycles. The van der Waals surface area contributed by atoms with Crippen LogP contribution < -0.4 is 0 Å². The predicted octanol–water partition coefficient (Wildman–Crippen LogP) is 6.34. The van der Waals surface area contributed by atoms with Crippen molar-refractivity contribution in [1.82, 2.24) is 9.80 Å². The molecule has 2 amide bonds. The van der Waals surface area contributed by atoms with Crippen molar-refractivity contribution in [2.45, 2.75) is 117 Å². The molecule has 238 valence electrons. The predicted molar refractivity (Wildman–Crippen MR) is 168 cm³/mol. The number of benzene rings is 1. The normalized spacial score (nSPS) is 49.0. The van der Waals surface area contributed by atoms with Gasteiger partial charge in [-0.1, -0.05) is 65.0 Å². The van der Waals surface area contributed by atoms with Crippen molar-refractivity contribution >= 4 is 6.03 Å². The zero-order valence-electron chi connectivity index (χ0n) is 27.7. The van der Waals surface area contributed by atoms with Gasteiger partial charge in [0.1, 0.15) is 0 Å². The van der Waals surface area contributed by atoms with Crippen molar-refractivity contribution in [1.29, 1.82) is 0 Å². The van der Waals surface area contributed by atoms with E-state index in [0.29, 0.717) is 47.6 Å². The van der Waals surface area contributed by atoms with Gasteiger partial charge in [-0.15, -0.1) is 0 Å². The van der Waals surface area contributed by atoms with Crippen molar-refractivity contribution in [3.8, 4) is 0 Å². The molecule has 0 bridgehead atoms. The molecule has 2 N–H and O–H groups in total. The minimum Gasteiger partial charge on any atom is -0.393 e. The van der Waals surface area contributed by atoms with E-state index in [9.17, 15) is 15.0 Å². The maximum Gasteiger partial charge on any atom is 0.319 e. The van der Waals surface area contributed by atoms with Gasteiger partial charge in [-0.2, -0.15) is 0 Å². The number of amides is 2. The molecule has 12 atom stereocenters. The average molecular weight is 593 g/mol. The lowest BCUT2D eigenvalue weighted by atomic mass is 9.41. The Bertz CT molecular complexity index is 1250. The standard InChI is InChI=1S/C37H56N2O4/c1-23-19-25(21-39(32(42)38(6)7)20-24-11-9-8-10-12-24)43-30-29(23)34(4)17-18-37-22-36(37)16-15-28(40)33(2,3)26(36)13-14-27(37)35(34,5)31(30)41/h8-12,23,25-31,40-41H,13-22H2,1-7H3/t23-,25?,26+,27?,28+,29+,30?,31+,34-,35-,36-,37+/m1/s1. The number of urea groups is 1. The zero-order chi connectivity index (χ0) is 30.7. The fraction of sp³-hybridized carbons (Fsp3) is 0.811. The number of rotatable bonds is 4. The number of fused-ring (bicyclic) bond motifs is 4. The topological polar surface area (TPSA) is 73.2 Å². The van der Waals surface area contributed by atoms with Crippen LogP contribution in [0, 0.1) is 50.7 Å². The molecule has 2 spiro atoms. The molecule has 1 aromatic rings. The van der Waals surface area contributed by atoms with Crippen LogP contribution in [0.4, 0.5) is 4.79 Å². The molecule has 0 aromatic heterocycles. The monoisotopic (exact) mass is 592 g/mol. The van der Waals surface area contributed by atoms with E-state index < -0.39 is 6.10 Å². The largest absolute Gasteiger partial charge is 0.393 e. The van der Waals surface area contributed by atoms with Crippen LogP contribution in [0.1, 0.15) is 91.5 Å². The van der Waals surface area contributed by atoms with Gasteiger partial charge in [0.15, 0.2) is 0 Å². The summed E-state index contributed by atoms with van der Waals surface area (Å²) < 4.78 is 7.00. The number of carbonyl (C=O) groups is 1. The molecular weight excluding hydrogens is 536 g/mol. The number of aliphatic hydroxyl groups is 2. The number of hydrogen-bond donors (Lipinski definition) is 2. The minimum atomic E-state index is -0.501. The second kappa shape index (κ2) is 9.69. The third kappa shape index (κ3) is 3.84. The van der Waals surface area contributed by atoms with Crippen LogP contribution in [0.3, 0.4) is 0 Å². The quantitative estimate of drug-likeness (QED) is 0.428. The fourth-order valence-electron chi connectivity index (χ4n) is 13.1. The van der Waals surface area contributed by atoms with E-state index in [4.69, 9.17) is 4.74 Å². The second-order valence-corrected chi connectivity index (χ2v) is 17.2. The lowest BCUT2D eigenvalue weighted by Gasteiger charge is -2.63. The molecule has 3 unspecified atom stereocenters. The Morgan fingerprint density at radius 2 is 1.63 bits per heavy atom. The summed E-state index contributed by atoms with van der Waals surface area (Å²) in [5, 5.41) is 23.5. The van der Waals surface area contributed by atoms with E-state index in [-0.39, 0.29) is 40.6 Å². The van der Waals surface area contributed by atoms with E-state index >= 15 is 0 Å². The van der Waals surface area contributed by atoms with Crippen molar-refractivity contribution in [2.24, 2.45) is 50.7 Å². The third-order valence-electron chi connectivity index (χ3n) is 15.1. The number of carbonyl (C=O) groups excluding carboxylic acids is 1. The fourth-order valence-corrected chi connectivity index (χ4v) is 13.1. The highest BCUT2D eigenvalue weighted by molar-refractivity contribution is 5.73. The molecule has 1 aliphatic heterocycles. The number of aliphatic hydroxyl groups excluding tert-OH is 2. The molecule has 43 heavy (non-hydrogen) atoms. The molecule has 5 aliphatic carbocycles. The van der Waals surface area contributed by atoms with Gasteiger partial charge in [0.05, 0.1) is 24.4 Å². The van der Waals surface area contributed by atoms with Crippen LogP contribution in [0.25, 0.3) is 0 Å². The molecular formula is C37H56N2O4. The summed E-state index contributed by atoms with van der Waals surface area (Å²) in [4.78, 5) is 16.9. The summed E-state index contributed by atoms with van der Waals surface area (Å²) >= 11 is 0. The average Bonchev–Trinajstić information content (AvgIpc) is 3.60. The summed E-state index contributed by atoms with van der Waals surface area (Å²) in [5.74, 6) is 1.82. The molecule has 6 heteroatoms. The van der Waals surface area contributed by atoms with E-state index in [1.807, 2.05) is 37.2 Å². The highest BCUT2D eigenvalue weighted by Crippen LogP contribution is 2.89. The molecule has 1 saturated heterocycles. The van der Waals surface area contributed by atoms with Crippen molar-refractivity contribution in [3.05, 3.63) is 35.9 Å². The first-order chi connectivity index (χ1) is 20.2. The van der Waals surface area contributed by atoms with Gasteiger partial charge in [-0.25, -0.2) is 4.79 Å². The van der Waals surface area contributed by atoms with Crippen LogP contribution in [0.5, 0.6) is 0 Å². The van der Waals surface area contributed by atoms with E-state index in [1.165, 1.54) is 19.3 Å². The maximum atomic E-state index is 13.3. The van der Waals surface area contributed by atoms with Gasteiger partial charge >= 0.3 is 6.03 Å². The van der Waals surface area contributed by atoms with Crippen LogP contribution >= 0.6 is 0 Å². The Balaban J connectivity index is 1.16. The molecule has 6 fully saturated rings. The minimum absolute atomic E-state index is 0.0000468. The van der Waals surface area contributed by atoms with Gasteiger partial charge in [-0.05, 0) is 102 Å². The Hall–Kier alpha value is -1.63. The summed E-state index contributed by atoms with van der Waals surface area (Å²) in [5.41, 5.74) is 1.57. The van der Waals surface area contributed by atoms with E-state index in [2.05, 4.69) is 46.8 Å². The van der Waals surface area contributed by atoms with Crippen molar-refractivity contribution in [3.63, 3.8) is 0 Å². The molecule has 1 heterocycles. The zero-order valence-corrected chi connectivity index (χ0v) is 27.7. The summed E-state index contributed by atoms with van der Waals surface area (Å²) in [7, 11) is 3.63. The van der Waals surface area contributed by atoms with Crippen LogP contribution in [-0.2, 0) is 11.3 Å². The summed E-state index contributed by atoms with van der Waals surface area (Å²) in [6.45, 7) is 13.1. The molecule has 6 nitrogen and oxygen atoms in total. The lowest BCUT2D eigenvalue weighted by Crippen LogP contribution is -2.59. The Kier molecular flexibility index (Phi) is 6.77. The lowest BCUT2D eigenvalue weighted by molar-refractivity contribution is -0.182. The first kappa shape index (κ1) is 30.0. The Morgan fingerprint density at radius 1 is 0.953 bits per heavy atom. The smallest absolute Gasteiger partial charge is 0.319 e. The van der Waals surface area contributed by atoms with Crippen molar-refractivity contribution < 1.29 is 19.7 Å². The SMILES string of the molecule is C[C@@H]1CC(CN(Cc2ccccc2)C(=O)N(C)C)OC2[C@H]1[C@@]1(C)CC[C@@]34C[C@@]35CC[C@H](O)C(C)(C)[C@@H]5CCC4[C@]1(C)[C@H]2O. The first-order valence-corrected chi connectivity index (χ1v) is 17.2. The number of hydrogen-bond acceptors (Lipinski definition) is 4.